The summed E-state index contributed by atoms with van der Waals surface area (Å²) >= 11 is 14.5. The van der Waals surface area contributed by atoms with Crippen LogP contribution in [-0.4, -0.2) is 15.8 Å². The van der Waals surface area contributed by atoms with Crippen LogP contribution in [0, 0.1) is 5.82 Å². The van der Waals surface area contributed by atoms with Gasteiger partial charge in [-0.1, -0.05) is 11.6 Å². The van der Waals surface area contributed by atoms with Gasteiger partial charge in [-0.25, -0.2) is 14.4 Å². The second-order valence-electron chi connectivity index (χ2n) is 3.15. The van der Waals surface area contributed by atoms with E-state index in [0.29, 0.717) is 28.5 Å². The van der Waals surface area contributed by atoms with Gasteiger partial charge < -0.3 is 0 Å². The van der Waals surface area contributed by atoms with Crippen molar-refractivity contribution >= 4 is 50.0 Å². The Morgan fingerprint density at radius 3 is 2.88 bits per heavy atom. The van der Waals surface area contributed by atoms with E-state index >= 15 is 0 Å². The summed E-state index contributed by atoms with van der Waals surface area (Å²) in [7, 11) is 0. The number of fused-ring (bicyclic) bond motifs is 1. The van der Waals surface area contributed by atoms with Gasteiger partial charge in [-0.05, 0) is 22.0 Å². The van der Waals surface area contributed by atoms with Crippen molar-refractivity contribution in [2.24, 2.45) is 0 Å². The number of hydrogen-bond donors (Lipinski definition) is 0. The van der Waals surface area contributed by atoms with Gasteiger partial charge in [0.15, 0.2) is 5.82 Å². The first-order valence-electron chi connectivity index (χ1n) is 4.48. The monoisotopic (exact) mass is 322 g/mol. The number of alkyl halides is 1. The fourth-order valence-corrected chi connectivity index (χ4v) is 1.99. The van der Waals surface area contributed by atoms with Gasteiger partial charge in [0, 0.05) is 23.9 Å². The SMILES string of the molecule is Fc1c(Br)c(Cl)cc2cnc(CCCl)nc12. The van der Waals surface area contributed by atoms with Crippen molar-refractivity contribution in [1.29, 1.82) is 0 Å². The quantitative estimate of drug-likeness (QED) is 0.617. The van der Waals surface area contributed by atoms with Crippen molar-refractivity contribution in [3.63, 3.8) is 0 Å². The van der Waals surface area contributed by atoms with Crippen LogP contribution >= 0.6 is 39.1 Å². The summed E-state index contributed by atoms with van der Waals surface area (Å²) in [6, 6.07) is 1.62. The molecule has 0 aliphatic carbocycles. The molecular formula is C10H6BrCl2FN2. The normalized spacial score (nSPS) is 11.0. The molecule has 2 rings (SSSR count). The minimum atomic E-state index is -0.472. The van der Waals surface area contributed by atoms with Crippen LogP contribution < -0.4 is 0 Å². The van der Waals surface area contributed by atoms with E-state index in [-0.39, 0.29) is 9.99 Å². The number of halogens is 4. The van der Waals surface area contributed by atoms with Gasteiger partial charge >= 0.3 is 0 Å². The first-order valence-corrected chi connectivity index (χ1v) is 6.19. The lowest BCUT2D eigenvalue weighted by atomic mass is 10.2. The molecule has 0 N–H and O–H groups in total. The van der Waals surface area contributed by atoms with Crippen LogP contribution in [0.2, 0.25) is 5.02 Å². The van der Waals surface area contributed by atoms with E-state index in [9.17, 15) is 4.39 Å². The third-order valence-electron chi connectivity index (χ3n) is 2.08. The largest absolute Gasteiger partial charge is 0.241 e. The first-order chi connectivity index (χ1) is 7.63. The van der Waals surface area contributed by atoms with Crippen LogP contribution in [-0.2, 0) is 6.42 Å². The molecule has 0 amide bonds. The lowest BCUT2D eigenvalue weighted by Gasteiger charge is -2.04. The lowest BCUT2D eigenvalue weighted by molar-refractivity contribution is 0.629. The highest BCUT2D eigenvalue weighted by Crippen LogP contribution is 2.30. The van der Waals surface area contributed by atoms with Crippen LogP contribution in [0.1, 0.15) is 5.82 Å². The number of aromatic nitrogens is 2. The smallest absolute Gasteiger partial charge is 0.165 e. The summed E-state index contributed by atoms with van der Waals surface area (Å²) in [5.41, 5.74) is 0.256. The van der Waals surface area contributed by atoms with Gasteiger partial charge in [0.05, 0.1) is 9.50 Å². The molecule has 6 heteroatoms. The number of hydrogen-bond acceptors (Lipinski definition) is 2. The molecule has 0 spiro atoms. The molecule has 0 bridgehead atoms. The first kappa shape index (κ1) is 12.0. The average molecular weight is 324 g/mol. The summed E-state index contributed by atoms with van der Waals surface area (Å²) in [6.07, 6.45) is 2.06. The zero-order valence-corrected chi connectivity index (χ0v) is 11.1. The molecule has 0 saturated carbocycles. The second kappa shape index (κ2) is 4.82. The summed E-state index contributed by atoms with van der Waals surface area (Å²) in [4.78, 5) is 8.18. The van der Waals surface area contributed by atoms with Gasteiger partial charge in [-0.15, -0.1) is 11.6 Å². The Morgan fingerprint density at radius 1 is 1.44 bits per heavy atom. The van der Waals surface area contributed by atoms with Crippen LogP contribution in [0.4, 0.5) is 4.39 Å². The summed E-state index contributed by atoms with van der Waals surface area (Å²) < 4.78 is 14.0. The van der Waals surface area contributed by atoms with E-state index in [4.69, 9.17) is 23.2 Å². The fraction of sp³-hybridized carbons (Fsp3) is 0.200. The van der Waals surface area contributed by atoms with Gasteiger partial charge in [0.25, 0.3) is 0 Å². The Labute approximate surface area is 110 Å². The Bertz CT molecular complexity index is 548. The molecule has 0 saturated heterocycles. The van der Waals surface area contributed by atoms with Crippen molar-refractivity contribution < 1.29 is 4.39 Å². The van der Waals surface area contributed by atoms with E-state index in [1.807, 2.05) is 0 Å². The topological polar surface area (TPSA) is 25.8 Å². The molecule has 84 valence electrons. The van der Waals surface area contributed by atoms with E-state index < -0.39 is 5.82 Å². The Balaban J connectivity index is 2.68. The molecule has 1 aromatic heterocycles. The minimum Gasteiger partial charge on any atom is -0.241 e. The molecular weight excluding hydrogens is 318 g/mol. The highest BCUT2D eigenvalue weighted by atomic mass is 79.9. The molecule has 1 aromatic carbocycles. The molecule has 0 aliphatic heterocycles. The van der Waals surface area contributed by atoms with E-state index in [1.54, 1.807) is 12.3 Å². The predicted octanol–water partition coefficient (Wildman–Crippen LogP) is 3.97. The summed E-state index contributed by atoms with van der Waals surface area (Å²) in [6.45, 7) is 0. The molecule has 0 aliphatic rings. The van der Waals surface area contributed by atoms with E-state index in [1.165, 1.54) is 0 Å². The minimum absolute atomic E-state index is 0.220. The molecule has 0 atom stereocenters. The standard InChI is InChI=1S/C10H6BrCl2FN2/c11-8-6(13)3-5-4-15-7(1-2-12)16-10(5)9(8)14/h3-4H,1-2H2. The molecule has 2 nitrogen and oxygen atoms in total. The molecule has 0 fully saturated rings. The van der Waals surface area contributed by atoms with Crippen molar-refractivity contribution in [1.82, 2.24) is 9.97 Å². The van der Waals surface area contributed by atoms with Gasteiger partial charge in [0.2, 0.25) is 0 Å². The average Bonchev–Trinajstić information content (AvgIpc) is 2.28. The van der Waals surface area contributed by atoms with Crippen molar-refractivity contribution in [2.75, 3.05) is 5.88 Å². The maximum atomic E-state index is 13.8. The van der Waals surface area contributed by atoms with Crippen LogP contribution in [0.3, 0.4) is 0 Å². The Kier molecular flexibility index (Phi) is 3.62. The van der Waals surface area contributed by atoms with E-state index in [0.717, 1.165) is 0 Å². The third kappa shape index (κ3) is 2.14. The molecule has 16 heavy (non-hydrogen) atoms. The van der Waals surface area contributed by atoms with Crippen molar-refractivity contribution in [2.45, 2.75) is 6.42 Å². The van der Waals surface area contributed by atoms with Crippen molar-refractivity contribution in [3.05, 3.63) is 33.4 Å². The zero-order valence-electron chi connectivity index (χ0n) is 7.98. The van der Waals surface area contributed by atoms with E-state index in [2.05, 4.69) is 25.9 Å². The van der Waals surface area contributed by atoms with Crippen molar-refractivity contribution in [3.8, 4) is 0 Å². The fourth-order valence-electron chi connectivity index (χ4n) is 1.32. The molecule has 2 aromatic rings. The van der Waals surface area contributed by atoms with Gasteiger partial charge in [0.1, 0.15) is 11.3 Å². The van der Waals surface area contributed by atoms with Crippen LogP contribution in [0.25, 0.3) is 10.9 Å². The number of aryl methyl sites for hydroxylation is 1. The summed E-state index contributed by atoms with van der Waals surface area (Å²) in [5, 5.41) is 0.878. The number of benzene rings is 1. The third-order valence-corrected chi connectivity index (χ3v) is 3.57. The maximum absolute atomic E-state index is 13.8. The molecule has 0 radical (unpaired) electrons. The van der Waals surface area contributed by atoms with Crippen LogP contribution in [0.15, 0.2) is 16.7 Å². The molecule has 0 unspecified atom stereocenters. The highest BCUT2D eigenvalue weighted by molar-refractivity contribution is 9.10. The Hall–Kier alpha value is -0.450. The summed E-state index contributed by atoms with van der Waals surface area (Å²) in [5.74, 6) is 0.457. The van der Waals surface area contributed by atoms with Gasteiger partial charge in [-0.2, -0.15) is 0 Å². The molecule has 1 heterocycles. The second-order valence-corrected chi connectivity index (χ2v) is 4.73. The number of rotatable bonds is 2. The lowest BCUT2D eigenvalue weighted by Crippen LogP contribution is -1.98. The Morgan fingerprint density at radius 2 is 2.19 bits per heavy atom. The highest BCUT2D eigenvalue weighted by Gasteiger charge is 2.12. The predicted molar refractivity (Wildman–Crippen MR) is 66.6 cm³/mol. The maximum Gasteiger partial charge on any atom is 0.165 e. The number of nitrogens with zero attached hydrogens (tertiary/aromatic N) is 2. The zero-order chi connectivity index (χ0) is 11.7. The van der Waals surface area contributed by atoms with Crippen LogP contribution in [0.5, 0.6) is 0 Å². The van der Waals surface area contributed by atoms with Gasteiger partial charge in [-0.3, -0.25) is 0 Å².